The number of benzene rings is 3. The molecule has 0 radical (unpaired) electrons. The van der Waals surface area contributed by atoms with Gasteiger partial charge in [-0.3, -0.25) is 9.80 Å². The number of ether oxygens (including phenoxy) is 9. The molecular weight excluding hydrogens is 1430 g/mol. The Morgan fingerprint density at radius 2 is 0.830 bits per heavy atom. The summed E-state index contributed by atoms with van der Waals surface area (Å²) in [6.45, 7) is 36.8. The number of anilines is 3. The number of piperidine rings is 3. The Morgan fingerprint density at radius 1 is 0.528 bits per heavy atom. The van der Waals surface area contributed by atoms with Crippen LogP contribution in [0.5, 0.6) is 0 Å². The summed E-state index contributed by atoms with van der Waals surface area (Å²) in [7, 11) is -5.09. The van der Waals surface area contributed by atoms with E-state index in [4.69, 9.17) is 54.2 Å². The van der Waals surface area contributed by atoms with E-state index in [0.717, 1.165) is 88.4 Å². The average molecular weight is 1560 g/mol. The number of hydrogen-bond donors (Lipinski definition) is 1. The van der Waals surface area contributed by atoms with Gasteiger partial charge in [0.15, 0.2) is 17.4 Å². The van der Waals surface area contributed by atoms with E-state index >= 15 is 0 Å². The number of hydrogen-bond acceptors (Lipinski definition) is 18. The number of nitrogens with zero attached hydrogens (tertiary/aromatic N) is 5. The van der Waals surface area contributed by atoms with Gasteiger partial charge in [0.25, 0.3) is 0 Å². The molecule has 7 saturated heterocycles. The van der Waals surface area contributed by atoms with Gasteiger partial charge in [-0.1, -0.05) is 13.3 Å². The minimum Gasteiger partial charge on any atom is -0.443 e. The van der Waals surface area contributed by atoms with Gasteiger partial charge in [-0.2, -0.15) is 6.42 Å². The van der Waals surface area contributed by atoms with E-state index in [9.17, 15) is 34.8 Å². The molecule has 7 aliphatic heterocycles. The van der Waals surface area contributed by atoms with Crippen LogP contribution in [-0.4, -0.2) is 213 Å². The number of halogens is 1. The molecule has 1 N–H and O–H groups in total. The molecule has 3 spiro atoms. The number of rotatable bonds is 18. The van der Waals surface area contributed by atoms with Crippen LogP contribution in [0.25, 0.3) is 0 Å². The van der Waals surface area contributed by atoms with Crippen molar-refractivity contribution in [1.82, 2.24) is 12.9 Å². The van der Waals surface area contributed by atoms with Crippen LogP contribution in [0.1, 0.15) is 195 Å². The summed E-state index contributed by atoms with van der Waals surface area (Å²) in [5.74, 6) is -1.51. The van der Waals surface area contributed by atoms with E-state index in [1.165, 1.54) is 34.6 Å². The zero-order valence-corrected chi connectivity index (χ0v) is 70.1. The molecule has 9 fully saturated rings. The van der Waals surface area contributed by atoms with Gasteiger partial charge >= 0.3 is 31.0 Å². The molecular formula is C78H124ClLiN6O17S3. The van der Waals surface area contributed by atoms with Crippen molar-refractivity contribution in [2.75, 3.05) is 134 Å². The summed E-state index contributed by atoms with van der Waals surface area (Å²) in [5, 5.41) is 2.54. The fourth-order valence-electron chi connectivity index (χ4n) is 14.7. The third kappa shape index (κ3) is 22.4. The SMILES string of the molecule is C1CCOC1.CNc1cc(C)c(CC2(S(=O)(=O)N3CCC4(CC3)OCCO4)CC2)c(C)c1.Cc1cc(N(C)C(=O)OC(C)(C)C)cc(C)c1CC(CCCl)S(=O)(=O)N1CCC2(CC1)OCCO2.Cc1cc(N(C)C(=O)OC(C)(C)C)cc(C)c1CC1(S(=O)(=O)N2CCC3(CC2)OCCO3)CC1.[CH2-]CCC.[Li+]. The number of amides is 2. The van der Waals surface area contributed by atoms with Gasteiger partial charge in [0, 0.05) is 135 Å². The van der Waals surface area contributed by atoms with Crippen molar-refractivity contribution in [2.45, 2.75) is 249 Å². The summed E-state index contributed by atoms with van der Waals surface area (Å²) in [5.41, 5.74) is 10.6. The van der Waals surface area contributed by atoms with Gasteiger partial charge in [-0.05, 0) is 234 Å². The van der Waals surface area contributed by atoms with Crippen LogP contribution in [-0.2, 0) is 92.0 Å². The Labute approximate surface area is 652 Å². The van der Waals surface area contributed by atoms with Gasteiger partial charge in [0.1, 0.15) is 11.2 Å². The maximum Gasteiger partial charge on any atom is 1.00 e. The normalized spacial score (nSPS) is 21.2. The van der Waals surface area contributed by atoms with Crippen molar-refractivity contribution in [2.24, 2.45) is 0 Å². The molecule has 1 atom stereocenters. The van der Waals surface area contributed by atoms with E-state index in [1.54, 1.807) is 27.0 Å². The number of unbranched alkanes of at least 4 members (excludes halogenated alkanes) is 1. The Bertz CT molecular complexity index is 3680. The molecule has 0 aromatic heterocycles. The summed E-state index contributed by atoms with van der Waals surface area (Å²) in [4.78, 5) is 28.0. The molecule has 2 amide bonds. The molecule has 0 bridgehead atoms. The fourth-order valence-corrected chi connectivity index (χ4v) is 21.4. The van der Waals surface area contributed by atoms with Crippen LogP contribution in [0.3, 0.4) is 0 Å². The first-order valence-corrected chi connectivity index (χ1v) is 42.9. The van der Waals surface area contributed by atoms with Crippen molar-refractivity contribution < 1.29 is 96.3 Å². The van der Waals surface area contributed by atoms with Crippen LogP contribution >= 0.6 is 11.6 Å². The first-order valence-electron chi connectivity index (χ1n) is 37.9. The molecule has 28 heteroatoms. The zero-order valence-electron chi connectivity index (χ0n) is 66.9. The molecule has 12 rings (SSSR count). The number of alkyl halides is 1. The Balaban J connectivity index is 0.000000209. The minimum absolute atomic E-state index is 0. The van der Waals surface area contributed by atoms with Gasteiger partial charge in [0.2, 0.25) is 30.1 Å². The summed E-state index contributed by atoms with van der Waals surface area (Å²) < 4.78 is 135. The molecule has 106 heavy (non-hydrogen) atoms. The Morgan fingerprint density at radius 3 is 1.09 bits per heavy atom. The first-order chi connectivity index (χ1) is 49.3. The Kier molecular flexibility index (Phi) is 31.5. The summed E-state index contributed by atoms with van der Waals surface area (Å²) >= 11 is 6.06. The molecule has 2 saturated carbocycles. The van der Waals surface area contributed by atoms with E-state index in [-0.39, 0.29) is 24.7 Å². The van der Waals surface area contributed by atoms with Crippen molar-refractivity contribution >= 4 is 70.9 Å². The first kappa shape index (κ1) is 89.5. The fraction of sp³-hybridized carbons (Fsp3) is 0.731. The number of carbonyl (C=O) groups is 2. The third-order valence-electron chi connectivity index (χ3n) is 21.6. The van der Waals surface area contributed by atoms with Crippen molar-refractivity contribution in [3.8, 4) is 0 Å². The molecule has 594 valence electrons. The minimum atomic E-state index is -3.57. The van der Waals surface area contributed by atoms with Gasteiger partial charge in [-0.15, -0.1) is 11.6 Å². The predicted octanol–water partition coefficient (Wildman–Crippen LogP) is 10.3. The number of aryl methyl sites for hydroxylation is 6. The Hall–Kier alpha value is -3.66. The second kappa shape index (κ2) is 37.3. The summed E-state index contributed by atoms with van der Waals surface area (Å²) in [6, 6.07) is 11.9. The molecule has 3 aromatic carbocycles. The van der Waals surface area contributed by atoms with Crippen molar-refractivity contribution in [3.63, 3.8) is 0 Å². The average Bonchev–Trinajstić information content (AvgIpc) is 1.58. The van der Waals surface area contributed by atoms with Gasteiger partial charge in [-0.25, -0.2) is 47.8 Å². The number of nitrogens with one attached hydrogen (secondary N) is 1. The third-order valence-corrected chi connectivity index (χ3v) is 29.5. The number of sulfonamides is 3. The maximum atomic E-state index is 13.7. The second-order valence-corrected chi connectivity index (χ2v) is 39.1. The van der Waals surface area contributed by atoms with Crippen LogP contribution in [0, 0.1) is 48.5 Å². The maximum absolute atomic E-state index is 13.7. The monoisotopic (exact) mass is 1550 g/mol. The smallest absolute Gasteiger partial charge is 0.443 e. The van der Waals surface area contributed by atoms with E-state index in [2.05, 4.69) is 45.1 Å². The standard InChI is InChI=1S/C25H39ClN2O6S.C25H38N2O6S.C20H30N2O4S.C4H8O.C4H9.Li/c1-18-15-20(27(6)23(29)34-24(3,4)5)16-19(2)22(18)17-21(7-10-26)35(30,31)28-11-8-25(9-12-28)32-13-14-33-25;1-18-15-20(26(6)22(28)33-23(3,4)5)16-19(2)21(18)17-24(7-8-24)34(29,30)27-11-9-25(10-12-27)31-13-14-32-25;1-15-12-17(21-3)13-16(2)18(15)14-19(4-5-19)27(23,24)22-8-6-20(7-9-22)25-10-11-26-20;1-2-4-5-3-1;1-3-4-2;/h15-16,21H,7-14,17H2,1-6H3;15-16H,7-14,17H2,1-6H3;12-13,21H,4-11,14H2,1-3H3;1-4H2;1,3-4H2,2H3;/q;;;;-1;+1. The number of carbonyl (C=O) groups excluding carboxylic acids is 2. The molecule has 1 unspecified atom stereocenters. The second-order valence-electron chi connectivity index (χ2n) is 31.8. The molecule has 7 heterocycles. The zero-order chi connectivity index (χ0) is 77.2. The van der Waals surface area contributed by atoms with Crippen LogP contribution in [0.4, 0.5) is 26.7 Å². The molecule has 9 aliphatic rings. The molecule has 2 aliphatic carbocycles. The van der Waals surface area contributed by atoms with Gasteiger partial charge in [0.05, 0.1) is 54.4 Å². The largest absolute Gasteiger partial charge is 1.00 e. The van der Waals surface area contributed by atoms with Crippen LogP contribution in [0.15, 0.2) is 36.4 Å². The topological polar surface area (TPSA) is 248 Å². The molecule has 23 nitrogen and oxygen atoms in total. The predicted molar refractivity (Wildman–Crippen MR) is 414 cm³/mol. The van der Waals surface area contributed by atoms with E-state index in [0.29, 0.717) is 162 Å². The van der Waals surface area contributed by atoms with E-state index in [1.807, 2.05) is 101 Å². The van der Waals surface area contributed by atoms with Gasteiger partial charge < -0.3 is 54.9 Å². The quantitative estimate of drug-likeness (QED) is 0.0706. The van der Waals surface area contributed by atoms with Crippen molar-refractivity contribution in [1.29, 1.82) is 0 Å². The van der Waals surface area contributed by atoms with Crippen molar-refractivity contribution in [3.05, 3.63) is 93.4 Å². The van der Waals surface area contributed by atoms with E-state index < -0.39 is 85.6 Å². The van der Waals surface area contributed by atoms with Crippen LogP contribution in [0.2, 0.25) is 0 Å². The summed E-state index contributed by atoms with van der Waals surface area (Å²) in [6.07, 6.45) is 12.1. The molecule has 3 aromatic rings. The van der Waals surface area contributed by atoms with Crippen LogP contribution < -0.4 is 34.0 Å².